The molecule has 3 heteroatoms. The number of hydrogen-bond donors (Lipinski definition) is 1. The summed E-state index contributed by atoms with van der Waals surface area (Å²) >= 11 is 0. The number of fused-ring (bicyclic) bond motifs is 1. The van der Waals surface area contributed by atoms with E-state index in [9.17, 15) is 0 Å². The van der Waals surface area contributed by atoms with E-state index in [1.807, 2.05) is 12.3 Å². The average Bonchev–Trinajstić information content (AvgIpc) is 3.31. The van der Waals surface area contributed by atoms with Crippen LogP contribution in [0.5, 0.6) is 0 Å². The number of hydrogen-bond acceptors (Lipinski definition) is 3. The average molecular weight is 269 g/mol. The molecule has 0 saturated heterocycles. The van der Waals surface area contributed by atoms with Gasteiger partial charge in [-0.2, -0.15) is 0 Å². The first-order valence-electron chi connectivity index (χ1n) is 7.61. The molecule has 2 aromatic rings. The molecule has 1 saturated carbocycles. The van der Waals surface area contributed by atoms with Crippen molar-refractivity contribution in [3.63, 3.8) is 0 Å². The van der Waals surface area contributed by atoms with Crippen molar-refractivity contribution in [3.05, 3.63) is 42.1 Å². The second kappa shape index (κ2) is 5.90. The van der Waals surface area contributed by atoms with Crippen LogP contribution in [-0.4, -0.2) is 29.5 Å². The monoisotopic (exact) mass is 269 g/mol. The molecule has 3 nitrogen and oxygen atoms in total. The molecule has 1 fully saturated rings. The van der Waals surface area contributed by atoms with Gasteiger partial charge in [-0.15, -0.1) is 0 Å². The minimum Gasteiger partial charge on any atom is -0.329 e. The lowest BCUT2D eigenvalue weighted by atomic mass is 10.0. The second-order valence-electron chi connectivity index (χ2n) is 5.70. The number of likely N-dealkylation sites (N-methyl/N-ethyl adjacent to an activating group) is 1. The molecule has 1 heterocycles. The third-order valence-electron chi connectivity index (χ3n) is 4.28. The summed E-state index contributed by atoms with van der Waals surface area (Å²) in [6, 6.07) is 10.8. The largest absolute Gasteiger partial charge is 0.329 e. The van der Waals surface area contributed by atoms with Crippen LogP contribution in [0.3, 0.4) is 0 Å². The van der Waals surface area contributed by atoms with Crippen LogP contribution in [0.1, 0.15) is 31.4 Å². The maximum Gasteiger partial charge on any atom is 0.0750 e. The minimum absolute atomic E-state index is 0.277. The number of para-hydroxylation sites is 1. The zero-order valence-corrected chi connectivity index (χ0v) is 12.1. The van der Waals surface area contributed by atoms with Gasteiger partial charge in [-0.25, -0.2) is 0 Å². The molecule has 0 amide bonds. The normalized spacial score (nSPS) is 16.8. The first-order valence-corrected chi connectivity index (χ1v) is 7.61. The Kier molecular flexibility index (Phi) is 3.99. The summed E-state index contributed by atoms with van der Waals surface area (Å²) < 4.78 is 0. The summed E-state index contributed by atoms with van der Waals surface area (Å²) in [7, 11) is 0. The van der Waals surface area contributed by atoms with Crippen molar-refractivity contribution in [3.8, 4) is 0 Å². The molecule has 2 N–H and O–H groups in total. The molecule has 3 rings (SSSR count). The smallest absolute Gasteiger partial charge is 0.0750 e. The van der Waals surface area contributed by atoms with E-state index in [4.69, 9.17) is 5.73 Å². The van der Waals surface area contributed by atoms with Crippen molar-refractivity contribution in [2.45, 2.75) is 25.8 Å². The molecule has 1 aliphatic carbocycles. The van der Waals surface area contributed by atoms with Crippen molar-refractivity contribution in [2.75, 3.05) is 19.6 Å². The van der Waals surface area contributed by atoms with Crippen LogP contribution in [0.15, 0.2) is 36.5 Å². The van der Waals surface area contributed by atoms with Gasteiger partial charge in [0.15, 0.2) is 0 Å². The highest BCUT2D eigenvalue weighted by Gasteiger charge is 2.28. The summed E-state index contributed by atoms with van der Waals surface area (Å²) in [5.41, 5.74) is 8.47. The molecule has 1 aliphatic rings. The van der Waals surface area contributed by atoms with E-state index in [1.165, 1.54) is 30.3 Å². The van der Waals surface area contributed by atoms with Crippen molar-refractivity contribution in [1.29, 1.82) is 0 Å². The van der Waals surface area contributed by atoms with Gasteiger partial charge in [0.1, 0.15) is 0 Å². The van der Waals surface area contributed by atoms with Crippen molar-refractivity contribution < 1.29 is 0 Å². The van der Waals surface area contributed by atoms with Crippen LogP contribution in [0.25, 0.3) is 10.9 Å². The second-order valence-corrected chi connectivity index (χ2v) is 5.70. The molecule has 1 aromatic heterocycles. The highest BCUT2D eigenvalue weighted by molar-refractivity contribution is 5.82. The molecule has 0 radical (unpaired) electrons. The fraction of sp³-hybridized carbons (Fsp3) is 0.471. The highest BCUT2D eigenvalue weighted by Crippen LogP contribution is 2.33. The topological polar surface area (TPSA) is 42.1 Å². The highest BCUT2D eigenvalue weighted by atomic mass is 15.2. The predicted molar refractivity (Wildman–Crippen MR) is 83.5 cm³/mol. The zero-order valence-electron chi connectivity index (χ0n) is 12.1. The molecule has 0 spiro atoms. The van der Waals surface area contributed by atoms with E-state index < -0.39 is 0 Å². The van der Waals surface area contributed by atoms with Gasteiger partial charge in [-0.1, -0.05) is 31.2 Å². The summed E-state index contributed by atoms with van der Waals surface area (Å²) in [6.45, 7) is 5.09. The lowest BCUT2D eigenvalue weighted by Gasteiger charge is -2.30. The lowest BCUT2D eigenvalue weighted by Crippen LogP contribution is -2.35. The Labute approximate surface area is 120 Å². The van der Waals surface area contributed by atoms with Crippen molar-refractivity contribution in [2.24, 2.45) is 11.7 Å². The van der Waals surface area contributed by atoms with Gasteiger partial charge in [0, 0.05) is 30.7 Å². The fourth-order valence-electron chi connectivity index (χ4n) is 2.98. The predicted octanol–water partition coefficient (Wildman–Crippen LogP) is 2.97. The Bertz CT molecular complexity index is 572. The van der Waals surface area contributed by atoms with Crippen LogP contribution in [0.4, 0.5) is 0 Å². The molecule has 0 bridgehead atoms. The standard InChI is InChI=1S/C17H23N3/c1-2-20(12-13-8-9-13)16(11-18)15-7-3-5-14-6-4-10-19-17(14)15/h3-7,10,13,16H,2,8-9,11-12,18H2,1H3. The Morgan fingerprint density at radius 2 is 2.10 bits per heavy atom. The Morgan fingerprint density at radius 1 is 1.30 bits per heavy atom. The molecule has 1 atom stereocenters. The molecule has 1 unspecified atom stereocenters. The fourth-order valence-corrected chi connectivity index (χ4v) is 2.98. The minimum atomic E-state index is 0.277. The van der Waals surface area contributed by atoms with Crippen LogP contribution < -0.4 is 5.73 Å². The summed E-state index contributed by atoms with van der Waals surface area (Å²) in [6.07, 6.45) is 4.62. The quantitative estimate of drug-likeness (QED) is 0.876. The Hall–Kier alpha value is -1.45. The molecule has 1 aromatic carbocycles. The van der Waals surface area contributed by atoms with E-state index in [2.05, 4.69) is 41.1 Å². The molecular formula is C17H23N3. The lowest BCUT2D eigenvalue weighted by molar-refractivity contribution is 0.204. The zero-order chi connectivity index (χ0) is 13.9. The van der Waals surface area contributed by atoms with E-state index in [0.717, 1.165) is 18.0 Å². The first kappa shape index (κ1) is 13.5. The summed E-state index contributed by atoms with van der Waals surface area (Å²) in [5.74, 6) is 0.881. The van der Waals surface area contributed by atoms with Crippen LogP contribution in [0, 0.1) is 5.92 Å². The van der Waals surface area contributed by atoms with Crippen LogP contribution >= 0.6 is 0 Å². The number of pyridine rings is 1. The van der Waals surface area contributed by atoms with Gasteiger partial charge >= 0.3 is 0 Å². The third kappa shape index (κ3) is 2.69. The number of benzene rings is 1. The number of aromatic nitrogens is 1. The van der Waals surface area contributed by atoms with Crippen molar-refractivity contribution in [1.82, 2.24) is 9.88 Å². The summed E-state index contributed by atoms with van der Waals surface area (Å²) in [4.78, 5) is 7.09. The molecule has 20 heavy (non-hydrogen) atoms. The van der Waals surface area contributed by atoms with Gasteiger partial charge in [-0.3, -0.25) is 9.88 Å². The first-order chi connectivity index (χ1) is 9.83. The maximum absolute atomic E-state index is 6.10. The van der Waals surface area contributed by atoms with Crippen LogP contribution in [0.2, 0.25) is 0 Å². The maximum atomic E-state index is 6.10. The number of nitrogens with two attached hydrogens (primary N) is 1. The van der Waals surface area contributed by atoms with Gasteiger partial charge in [0.25, 0.3) is 0 Å². The number of nitrogens with zero attached hydrogens (tertiary/aromatic N) is 2. The number of rotatable bonds is 6. The van der Waals surface area contributed by atoms with E-state index >= 15 is 0 Å². The van der Waals surface area contributed by atoms with Gasteiger partial charge in [0.2, 0.25) is 0 Å². The van der Waals surface area contributed by atoms with Gasteiger partial charge in [0.05, 0.1) is 5.52 Å². The summed E-state index contributed by atoms with van der Waals surface area (Å²) in [5, 5.41) is 1.20. The van der Waals surface area contributed by atoms with Crippen LogP contribution in [-0.2, 0) is 0 Å². The van der Waals surface area contributed by atoms with Gasteiger partial charge in [-0.05, 0) is 36.9 Å². The van der Waals surface area contributed by atoms with Crippen molar-refractivity contribution >= 4 is 10.9 Å². The van der Waals surface area contributed by atoms with E-state index in [1.54, 1.807) is 0 Å². The SMILES string of the molecule is CCN(CC1CC1)C(CN)c1cccc2cccnc12. The molecule has 106 valence electrons. The third-order valence-corrected chi connectivity index (χ3v) is 4.28. The van der Waals surface area contributed by atoms with E-state index in [-0.39, 0.29) is 6.04 Å². The Morgan fingerprint density at radius 3 is 2.80 bits per heavy atom. The van der Waals surface area contributed by atoms with E-state index in [0.29, 0.717) is 6.54 Å². The molecular weight excluding hydrogens is 246 g/mol. The molecule has 0 aliphatic heterocycles. The van der Waals surface area contributed by atoms with Gasteiger partial charge < -0.3 is 5.73 Å². The Balaban J connectivity index is 1.96.